The molecule has 2 heterocycles. The summed E-state index contributed by atoms with van der Waals surface area (Å²) in [5.74, 6) is 0.582. The molecule has 1 aliphatic heterocycles. The Morgan fingerprint density at radius 3 is 2.33 bits per heavy atom. The van der Waals surface area contributed by atoms with E-state index in [9.17, 15) is 5.11 Å². The number of aliphatic hydroxyl groups is 1. The first-order valence-corrected chi connectivity index (χ1v) is 5.23. The predicted octanol–water partition coefficient (Wildman–Crippen LogP) is 2.44. The van der Waals surface area contributed by atoms with Gasteiger partial charge in [0.05, 0.1) is 17.5 Å². The van der Waals surface area contributed by atoms with Gasteiger partial charge in [-0.05, 0) is 39.8 Å². The molecule has 0 aliphatic carbocycles. The molecule has 0 spiro atoms. The lowest BCUT2D eigenvalue weighted by Crippen LogP contribution is -2.43. The van der Waals surface area contributed by atoms with Crippen molar-refractivity contribution in [3.63, 3.8) is 0 Å². The van der Waals surface area contributed by atoms with Crippen LogP contribution in [0.15, 0.2) is 22.8 Å². The van der Waals surface area contributed by atoms with Crippen LogP contribution >= 0.6 is 0 Å². The van der Waals surface area contributed by atoms with Gasteiger partial charge in [-0.2, -0.15) is 0 Å². The maximum absolute atomic E-state index is 10.7. The van der Waals surface area contributed by atoms with Gasteiger partial charge in [-0.25, -0.2) is 0 Å². The molecule has 3 heteroatoms. The maximum atomic E-state index is 10.7. The minimum Gasteiger partial charge on any atom is -0.466 e. The van der Waals surface area contributed by atoms with Crippen LogP contribution in [0.5, 0.6) is 0 Å². The first kappa shape index (κ1) is 10.7. The van der Waals surface area contributed by atoms with Gasteiger partial charge in [0.25, 0.3) is 0 Å². The second-order valence-corrected chi connectivity index (χ2v) is 5.39. The van der Waals surface area contributed by atoms with Crippen molar-refractivity contribution in [2.75, 3.05) is 0 Å². The van der Waals surface area contributed by atoms with Crippen LogP contribution in [0.25, 0.3) is 0 Å². The van der Waals surface area contributed by atoms with E-state index in [1.807, 2.05) is 27.7 Å². The van der Waals surface area contributed by atoms with E-state index >= 15 is 0 Å². The number of furan rings is 1. The summed E-state index contributed by atoms with van der Waals surface area (Å²) in [5, 5.41) is 10.7. The zero-order valence-electron chi connectivity index (χ0n) is 9.70. The number of hydrogen-bond donors (Lipinski definition) is 1. The van der Waals surface area contributed by atoms with Crippen molar-refractivity contribution in [2.24, 2.45) is 0 Å². The summed E-state index contributed by atoms with van der Waals surface area (Å²) in [6.45, 7) is 7.75. The third kappa shape index (κ3) is 1.50. The van der Waals surface area contributed by atoms with E-state index in [4.69, 9.17) is 9.15 Å². The Morgan fingerprint density at radius 2 is 1.93 bits per heavy atom. The molecular weight excluding hydrogens is 192 g/mol. The normalized spacial score (nSPS) is 33.1. The molecule has 1 aromatic heterocycles. The van der Waals surface area contributed by atoms with Crippen LogP contribution in [0.3, 0.4) is 0 Å². The van der Waals surface area contributed by atoms with Gasteiger partial charge in [0, 0.05) is 6.42 Å². The highest BCUT2D eigenvalue weighted by atomic mass is 16.6. The van der Waals surface area contributed by atoms with Crippen molar-refractivity contribution in [3.8, 4) is 0 Å². The van der Waals surface area contributed by atoms with E-state index in [2.05, 4.69) is 0 Å². The smallest absolute Gasteiger partial charge is 0.153 e. The lowest BCUT2D eigenvalue weighted by Gasteiger charge is -2.33. The Labute approximate surface area is 90.0 Å². The molecule has 15 heavy (non-hydrogen) atoms. The van der Waals surface area contributed by atoms with Gasteiger partial charge in [0.1, 0.15) is 5.76 Å². The zero-order chi connectivity index (χ0) is 11.3. The minimum absolute atomic E-state index is 0.328. The van der Waals surface area contributed by atoms with Crippen molar-refractivity contribution in [2.45, 2.75) is 50.9 Å². The summed E-state index contributed by atoms with van der Waals surface area (Å²) < 4.78 is 11.2. The monoisotopic (exact) mass is 210 g/mol. The fourth-order valence-electron chi connectivity index (χ4n) is 2.54. The predicted molar refractivity (Wildman–Crippen MR) is 56.5 cm³/mol. The number of hydrogen-bond acceptors (Lipinski definition) is 3. The van der Waals surface area contributed by atoms with Crippen LogP contribution < -0.4 is 0 Å². The van der Waals surface area contributed by atoms with Crippen molar-refractivity contribution in [3.05, 3.63) is 24.2 Å². The van der Waals surface area contributed by atoms with E-state index in [0.29, 0.717) is 12.2 Å². The minimum atomic E-state index is -1.04. The third-order valence-electron chi connectivity index (χ3n) is 3.14. The molecule has 0 radical (unpaired) electrons. The molecule has 2 rings (SSSR count). The quantitative estimate of drug-likeness (QED) is 0.774. The zero-order valence-corrected chi connectivity index (χ0v) is 9.70. The molecular formula is C12H18O3. The van der Waals surface area contributed by atoms with Crippen LogP contribution in [0.2, 0.25) is 0 Å². The molecule has 1 fully saturated rings. The molecule has 1 N–H and O–H groups in total. The van der Waals surface area contributed by atoms with E-state index < -0.39 is 11.2 Å². The molecule has 1 atom stereocenters. The highest BCUT2D eigenvalue weighted by molar-refractivity contribution is 5.19. The van der Waals surface area contributed by atoms with E-state index in [1.54, 1.807) is 18.4 Å². The summed E-state index contributed by atoms with van der Waals surface area (Å²) in [7, 11) is 0. The van der Waals surface area contributed by atoms with Crippen molar-refractivity contribution in [1.82, 2.24) is 0 Å². The molecule has 3 nitrogen and oxygen atoms in total. The molecule has 0 aromatic carbocycles. The second kappa shape index (κ2) is 2.86. The number of ether oxygens (including phenoxy) is 1. The van der Waals surface area contributed by atoms with Gasteiger partial charge >= 0.3 is 0 Å². The third-order valence-corrected chi connectivity index (χ3v) is 3.14. The van der Waals surface area contributed by atoms with Crippen molar-refractivity contribution < 1.29 is 14.3 Å². The van der Waals surface area contributed by atoms with E-state index in [-0.39, 0.29) is 5.60 Å². The fourth-order valence-corrected chi connectivity index (χ4v) is 2.54. The van der Waals surface area contributed by atoms with E-state index in [0.717, 1.165) is 0 Å². The number of rotatable bonds is 1. The highest BCUT2D eigenvalue weighted by Gasteiger charge is 2.58. The Hall–Kier alpha value is -0.800. The molecule has 1 unspecified atom stereocenters. The average Bonchev–Trinajstić information content (AvgIpc) is 2.55. The van der Waals surface area contributed by atoms with Crippen LogP contribution in [0, 0.1) is 0 Å². The molecule has 84 valence electrons. The van der Waals surface area contributed by atoms with Gasteiger partial charge in [0.2, 0.25) is 0 Å². The van der Waals surface area contributed by atoms with Gasteiger partial charge < -0.3 is 14.3 Å². The summed E-state index contributed by atoms with van der Waals surface area (Å²) in [6, 6.07) is 3.58. The standard InChI is InChI=1S/C12H18O3/c1-10(2)8-12(13,11(3,4)15-10)9-6-5-7-14-9/h5-7,13H,8H2,1-4H3. The van der Waals surface area contributed by atoms with Crippen LogP contribution in [0.1, 0.15) is 39.9 Å². The lowest BCUT2D eigenvalue weighted by atomic mass is 9.80. The van der Waals surface area contributed by atoms with E-state index in [1.165, 1.54) is 0 Å². The largest absolute Gasteiger partial charge is 0.466 e. The van der Waals surface area contributed by atoms with Crippen molar-refractivity contribution in [1.29, 1.82) is 0 Å². The van der Waals surface area contributed by atoms with Crippen molar-refractivity contribution >= 4 is 0 Å². The molecule has 1 aliphatic rings. The highest BCUT2D eigenvalue weighted by Crippen LogP contribution is 2.50. The summed E-state index contributed by atoms with van der Waals surface area (Å²) >= 11 is 0. The molecule has 0 saturated carbocycles. The van der Waals surface area contributed by atoms with Crippen LogP contribution in [-0.4, -0.2) is 16.3 Å². The van der Waals surface area contributed by atoms with Gasteiger partial charge in [-0.15, -0.1) is 0 Å². The lowest BCUT2D eigenvalue weighted by molar-refractivity contribution is -0.136. The van der Waals surface area contributed by atoms with Gasteiger partial charge in [-0.1, -0.05) is 0 Å². The second-order valence-electron chi connectivity index (χ2n) is 5.39. The first-order valence-electron chi connectivity index (χ1n) is 5.23. The molecule has 0 amide bonds. The average molecular weight is 210 g/mol. The summed E-state index contributed by atoms with van der Waals surface area (Å²) in [5.41, 5.74) is -2.00. The van der Waals surface area contributed by atoms with Gasteiger partial charge in [-0.3, -0.25) is 0 Å². The molecule has 1 saturated heterocycles. The Kier molecular flexibility index (Phi) is 2.04. The SMILES string of the molecule is CC1(C)CC(O)(c2ccco2)C(C)(C)O1. The fraction of sp³-hybridized carbons (Fsp3) is 0.667. The Morgan fingerprint density at radius 1 is 1.27 bits per heavy atom. The van der Waals surface area contributed by atoms with Crippen LogP contribution in [-0.2, 0) is 10.3 Å². The maximum Gasteiger partial charge on any atom is 0.153 e. The molecule has 1 aromatic rings. The first-order chi connectivity index (χ1) is 6.77. The Bertz CT molecular complexity index is 351. The van der Waals surface area contributed by atoms with Gasteiger partial charge in [0.15, 0.2) is 5.60 Å². The van der Waals surface area contributed by atoms with Crippen LogP contribution in [0.4, 0.5) is 0 Å². The molecule has 0 bridgehead atoms. The topological polar surface area (TPSA) is 42.6 Å². The summed E-state index contributed by atoms with van der Waals surface area (Å²) in [6.07, 6.45) is 2.12. The summed E-state index contributed by atoms with van der Waals surface area (Å²) in [4.78, 5) is 0. The Balaban J connectivity index is 2.44.